The first-order valence-corrected chi connectivity index (χ1v) is 7.34. The van der Waals surface area contributed by atoms with E-state index in [-0.39, 0.29) is 18.0 Å². The fourth-order valence-corrected chi connectivity index (χ4v) is 2.04. The van der Waals surface area contributed by atoms with Gasteiger partial charge in [0.15, 0.2) is 0 Å². The molecule has 1 aromatic rings. The first-order chi connectivity index (χ1) is 10.0. The first-order valence-electron chi connectivity index (χ1n) is 7.34. The Kier molecular flexibility index (Phi) is 6.85. The molecule has 21 heavy (non-hydrogen) atoms. The maximum atomic E-state index is 12.2. The molecule has 1 aromatic carbocycles. The van der Waals surface area contributed by atoms with Gasteiger partial charge < -0.3 is 20.1 Å². The number of benzene rings is 1. The highest BCUT2D eigenvalue weighted by Crippen LogP contribution is 2.29. The van der Waals surface area contributed by atoms with Crippen LogP contribution >= 0.6 is 0 Å². The second-order valence-corrected chi connectivity index (χ2v) is 4.95. The van der Waals surface area contributed by atoms with E-state index in [4.69, 9.17) is 9.47 Å². The van der Waals surface area contributed by atoms with Crippen molar-refractivity contribution in [1.82, 2.24) is 5.32 Å². The normalized spacial score (nSPS) is 11.9. The Hall–Kier alpha value is -1.91. The molecular formula is C16H26N2O3. The van der Waals surface area contributed by atoms with Crippen molar-refractivity contribution >= 4 is 11.6 Å². The molecule has 5 nitrogen and oxygen atoms in total. The van der Waals surface area contributed by atoms with Gasteiger partial charge in [-0.15, -0.1) is 0 Å². The van der Waals surface area contributed by atoms with Crippen LogP contribution in [0.5, 0.6) is 11.5 Å². The summed E-state index contributed by atoms with van der Waals surface area (Å²) in [5, 5.41) is 6.20. The summed E-state index contributed by atoms with van der Waals surface area (Å²) < 4.78 is 10.5. The average Bonchev–Trinajstić information content (AvgIpc) is 2.52. The number of ether oxygens (including phenoxy) is 2. The third kappa shape index (κ3) is 4.85. The van der Waals surface area contributed by atoms with Crippen LogP contribution in [-0.4, -0.2) is 32.2 Å². The number of hydrogen-bond donors (Lipinski definition) is 2. The number of hydrogen-bond acceptors (Lipinski definition) is 4. The fraction of sp³-hybridized carbons (Fsp3) is 0.562. The number of carbonyl (C=O) groups is 1. The van der Waals surface area contributed by atoms with Gasteiger partial charge in [-0.3, -0.25) is 4.79 Å². The summed E-state index contributed by atoms with van der Waals surface area (Å²) in [6.45, 7) is 5.97. The lowest BCUT2D eigenvalue weighted by atomic mass is 10.1. The molecule has 0 saturated heterocycles. The average molecular weight is 294 g/mol. The van der Waals surface area contributed by atoms with Gasteiger partial charge in [-0.05, 0) is 31.9 Å². The summed E-state index contributed by atoms with van der Waals surface area (Å²) >= 11 is 0. The van der Waals surface area contributed by atoms with Gasteiger partial charge in [0.2, 0.25) is 5.91 Å². The molecule has 0 aromatic heterocycles. The first kappa shape index (κ1) is 17.1. The molecule has 0 spiro atoms. The monoisotopic (exact) mass is 294 g/mol. The van der Waals surface area contributed by atoms with Crippen LogP contribution in [0.3, 0.4) is 0 Å². The SMILES string of the molecule is CCC(CC)NC(=O)C(C)Nc1ccc(OC)cc1OC. The number of anilines is 1. The van der Waals surface area contributed by atoms with Crippen molar-refractivity contribution in [2.24, 2.45) is 0 Å². The van der Waals surface area contributed by atoms with E-state index in [0.717, 1.165) is 18.5 Å². The van der Waals surface area contributed by atoms with Crippen molar-refractivity contribution in [2.45, 2.75) is 45.7 Å². The molecule has 5 heteroatoms. The predicted octanol–water partition coefficient (Wildman–Crippen LogP) is 2.81. The molecule has 1 unspecified atom stereocenters. The highest BCUT2D eigenvalue weighted by Gasteiger charge is 2.17. The van der Waals surface area contributed by atoms with Crippen LogP contribution in [0.2, 0.25) is 0 Å². The number of carbonyl (C=O) groups excluding carboxylic acids is 1. The van der Waals surface area contributed by atoms with Crippen LogP contribution in [-0.2, 0) is 4.79 Å². The summed E-state index contributed by atoms with van der Waals surface area (Å²) in [4.78, 5) is 12.2. The zero-order chi connectivity index (χ0) is 15.8. The van der Waals surface area contributed by atoms with Gasteiger partial charge in [0.25, 0.3) is 0 Å². The van der Waals surface area contributed by atoms with E-state index in [1.165, 1.54) is 0 Å². The van der Waals surface area contributed by atoms with Gasteiger partial charge >= 0.3 is 0 Å². The van der Waals surface area contributed by atoms with Crippen molar-refractivity contribution < 1.29 is 14.3 Å². The van der Waals surface area contributed by atoms with E-state index in [2.05, 4.69) is 24.5 Å². The lowest BCUT2D eigenvalue weighted by Crippen LogP contribution is -2.42. The van der Waals surface area contributed by atoms with Crippen molar-refractivity contribution in [1.29, 1.82) is 0 Å². The van der Waals surface area contributed by atoms with E-state index >= 15 is 0 Å². The van der Waals surface area contributed by atoms with Crippen molar-refractivity contribution in [2.75, 3.05) is 19.5 Å². The van der Waals surface area contributed by atoms with Gasteiger partial charge in [-0.1, -0.05) is 13.8 Å². The van der Waals surface area contributed by atoms with Gasteiger partial charge in [0, 0.05) is 12.1 Å². The molecule has 1 amide bonds. The Morgan fingerprint density at radius 1 is 1.19 bits per heavy atom. The van der Waals surface area contributed by atoms with Crippen molar-refractivity contribution in [3.63, 3.8) is 0 Å². The fourth-order valence-electron chi connectivity index (χ4n) is 2.04. The zero-order valence-corrected chi connectivity index (χ0v) is 13.5. The van der Waals surface area contributed by atoms with E-state index in [9.17, 15) is 4.79 Å². The molecule has 0 aliphatic heterocycles. The van der Waals surface area contributed by atoms with Crippen LogP contribution in [0.15, 0.2) is 18.2 Å². The Morgan fingerprint density at radius 2 is 1.86 bits per heavy atom. The molecule has 1 rings (SSSR count). The third-order valence-electron chi connectivity index (χ3n) is 3.51. The molecule has 0 fully saturated rings. The number of rotatable bonds is 8. The molecule has 0 aliphatic rings. The van der Waals surface area contributed by atoms with Crippen molar-refractivity contribution in [3.8, 4) is 11.5 Å². The summed E-state index contributed by atoms with van der Waals surface area (Å²) in [7, 11) is 3.20. The molecule has 0 heterocycles. The van der Waals surface area contributed by atoms with Crippen molar-refractivity contribution in [3.05, 3.63) is 18.2 Å². The van der Waals surface area contributed by atoms with Crippen LogP contribution in [0.4, 0.5) is 5.69 Å². The van der Waals surface area contributed by atoms with E-state index < -0.39 is 0 Å². The minimum Gasteiger partial charge on any atom is -0.497 e. The zero-order valence-electron chi connectivity index (χ0n) is 13.5. The second-order valence-electron chi connectivity index (χ2n) is 4.95. The van der Waals surface area contributed by atoms with Gasteiger partial charge in [-0.2, -0.15) is 0 Å². The van der Waals surface area contributed by atoms with E-state index in [1.54, 1.807) is 20.3 Å². The van der Waals surface area contributed by atoms with E-state index in [1.807, 2.05) is 19.1 Å². The maximum absolute atomic E-state index is 12.2. The highest BCUT2D eigenvalue weighted by molar-refractivity contribution is 5.85. The molecule has 0 radical (unpaired) electrons. The number of nitrogens with one attached hydrogen (secondary N) is 2. The van der Waals surface area contributed by atoms with Gasteiger partial charge in [0.05, 0.1) is 19.9 Å². The molecule has 0 aliphatic carbocycles. The second kappa shape index (κ2) is 8.39. The Bertz CT molecular complexity index is 459. The van der Waals surface area contributed by atoms with Crippen LogP contribution in [0.25, 0.3) is 0 Å². The Morgan fingerprint density at radius 3 is 2.38 bits per heavy atom. The quantitative estimate of drug-likeness (QED) is 0.774. The number of methoxy groups -OCH3 is 2. The topological polar surface area (TPSA) is 59.6 Å². The molecule has 2 N–H and O–H groups in total. The van der Waals surface area contributed by atoms with Crippen LogP contribution in [0, 0.1) is 0 Å². The van der Waals surface area contributed by atoms with Crippen LogP contribution < -0.4 is 20.1 Å². The van der Waals surface area contributed by atoms with Gasteiger partial charge in [0.1, 0.15) is 17.5 Å². The van der Waals surface area contributed by atoms with Crippen LogP contribution in [0.1, 0.15) is 33.6 Å². The Labute approximate surface area is 127 Å². The third-order valence-corrected chi connectivity index (χ3v) is 3.51. The number of amides is 1. The minimum absolute atomic E-state index is 0.0124. The molecule has 118 valence electrons. The van der Waals surface area contributed by atoms with E-state index in [0.29, 0.717) is 11.5 Å². The lowest BCUT2D eigenvalue weighted by molar-refractivity contribution is -0.122. The molecule has 0 bridgehead atoms. The molecule has 1 atom stereocenters. The molecular weight excluding hydrogens is 268 g/mol. The summed E-state index contributed by atoms with van der Waals surface area (Å²) in [5.74, 6) is 1.35. The largest absolute Gasteiger partial charge is 0.497 e. The standard InChI is InChI=1S/C16H26N2O3/c1-6-12(7-2)18-16(19)11(3)17-14-9-8-13(20-4)10-15(14)21-5/h8-12,17H,6-7H2,1-5H3,(H,18,19). The lowest BCUT2D eigenvalue weighted by Gasteiger charge is -2.21. The van der Waals surface area contributed by atoms with Gasteiger partial charge in [-0.25, -0.2) is 0 Å². The highest BCUT2D eigenvalue weighted by atomic mass is 16.5. The maximum Gasteiger partial charge on any atom is 0.242 e. The Balaban J connectivity index is 2.73. The predicted molar refractivity (Wildman–Crippen MR) is 85.1 cm³/mol. The smallest absolute Gasteiger partial charge is 0.242 e. The summed E-state index contributed by atoms with van der Waals surface area (Å²) in [6.07, 6.45) is 1.86. The summed E-state index contributed by atoms with van der Waals surface area (Å²) in [5.41, 5.74) is 0.769. The summed E-state index contributed by atoms with van der Waals surface area (Å²) in [6, 6.07) is 5.34. The minimum atomic E-state index is -0.340. The molecule has 0 saturated carbocycles.